The van der Waals surface area contributed by atoms with E-state index in [9.17, 15) is 4.79 Å². The molecule has 1 unspecified atom stereocenters. The number of halogens is 1. The zero-order valence-electron chi connectivity index (χ0n) is 9.70. The Morgan fingerprint density at radius 1 is 1.65 bits per heavy atom. The molecule has 4 nitrogen and oxygen atoms in total. The first kappa shape index (κ1) is 12.8. The number of pyridine rings is 1. The Kier molecular flexibility index (Phi) is 4.33. The molecular formula is C12H15IN2O2. The minimum atomic E-state index is -0.0231. The third-order valence-electron chi connectivity index (χ3n) is 2.73. The van der Waals surface area contributed by atoms with Crippen molar-refractivity contribution in [2.45, 2.75) is 32.3 Å². The number of nitrogens with zero attached hydrogens (tertiary/aromatic N) is 1. The summed E-state index contributed by atoms with van der Waals surface area (Å²) >= 11 is 2.22. The van der Waals surface area contributed by atoms with Gasteiger partial charge in [-0.15, -0.1) is 0 Å². The Balaban J connectivity index is 1.90. The van der Waals surface area contributed by atoms with Gasteiger partial charge in [0.2, 0.25) is 5.91 Å². The number of nitrogens with one attached hydrogen (secondary N) is 1. The fraction of sp³-hybridized carbons (Fsp3) is 0.500. The van der Waals surface area contributed by atoms with Crippen LogP contribution in [0.1, 0.15) is 25.0 Å². The van der Waals surface area contributed by atoms with Crippen molar-refractivity contribution in [3.05, 3.63) is 21.4 Å². The topological polar surface area (TPSA) is 51.2 Å². The Hall–Kier alpha value is -0.690. The standard InChI is InChI=1S/C12H15IN2O2/c1-8-10(13)4-5-11(14-8)15-12(16)7-9-3-2-6-17-9/h4-5,9H,2-3,6-7H2,1H3,(H,14,15,16). The van der Waals surface area contributed by atoms with Gasteiger partial charge in [-0.1, -0.05) is 0 Å². The van der Waals surface area contributed by atoms with Crippen LogP contribution in [0.5, 0.6) is 0 Å². The molecule has 0 bridgehead atoms. The van der Waals surface area contributed by atoms with Crippen LogP contribution < -0.4 is 5.32 Å². The molecule has 1 fully saturated rings. The molecule has 1 aromatic heterocycles. The second kappa shape index (κ2) is 5.77. The average molecular weight is 346 g/mol. The Morgan fingerprint density at radius 3 is 3.12 bits per heavy atom. The second-order valence-corrected chi connectivity index (χ2v) is 5.31. The molecule has 1 aliphatic rings. The number of rotatable bonds is 3. The Bertz CT molecular complexity index is 417. The molecule has 2 heterocycles. The predicted molar refractivity (Wildman–Crippen MR) is 73.9 cm³/mol. The van der Waals surface area contributed by atoms with Gasteiger partial charge < -0.3 is 10.1 Å². The number of aryl methyl sites for hydroxylation is 1. The highest BCUT2D eigenvalue weighted by molar-refractivity contribution is 14.1. The number of carbonyl (C=O) groups is 1. The number of aromatic nitrogens is 1. The number of anilines is 1. The van der Waals surface area contributed by atoms with Crippen molar-refractivity contribution in [2.75, 3.05) is 11.9 Å². The predicted octanol–water partition coefficient (Wildman–Crippen LogP) is 2.50. The number of carbonyl (C=O) groups excluding carboxylic acids is 1. The van der Waals surface area contributed by atoms with E-state index < -0.39 is 0 Å². The first-order valence-electron chi connectivity index (χ1n) is 5.70. The maximum atomic E-state index is 11.7. The van der Waals surface area contributed by atoms with E-state index in [1.54, 1.807) is 0 Å². The lowest BCUT2D eigenvalue weighted by atomic mass is 10.2. The van der Waals surface area contributed by atoms with Gasteiger partial charge in [-0.2, -0.15) is 0 Å². The van der Waals surface area contributed by atoms with Crippen LogP contribution in [0.3, 0.4) is 0 Å². The molecular weight excluding hydrogens is 331 g/mol. The van der Waals surface area contributed by atoms with Gasteiger partial charge in [-0.25, -0.2) is 4.98 Å². The minimum absolute atomic E-state index is 0.0231. The zero-order valence-corrected chi connectivity index (χ0v) is 11.9. The van der Waals surface area contributed by atoms with E-state index in [1.165, 1.54) is 0 Å². The van der Waals surface area contributed by atoms with Gasteiger partial charge in [-0.3, -0.25) is 4.79 Å². The van der Waals surface area contributed by atoms with Crippen LogP contribution in [0.25, 0.3) is 0 Å². The molecule has 5 heteroatoms. The normalized spacial score (nSPS) is 19.3. The summed E-state index contributed by atoms with van der Waals surface area (Å²) in [5.41, 5.74) is 0.931. The molecule has 1 N–H and O–H groups in total. The van der Waals surface area contributed by atoms with Gasteiger partial charge in [0.25, 0.3) is 0 Å². The maximum absolute atomic E-state index is 11.7. The van der Waals surface area contributed by atoms with Crippen LogP contribution in [0.15, 0.2) is 12.1 Å². The third-order valence-corrected chi connectivity index (χ3v) is 3.87. The molecule has 17 heavy (non-hydrogen) atoms. The molecule has 2 rings (SSSR count). The largest absolute Gasteiger partial charge is 0.378 e. The molecule has 0 spiro atoms. The Labute approximate surface area is 114 Å². The number of ether oxygens (including phenoxy) is 1. The number of hydrogen-bond donors (Lipinski definition) is 1. The van der Waals surface area contributed by atoms with Crippen LogP contribution >= 0.6 is 22.6 Å². The molecule has 1 saturated heterocycles. The van der Waals surface area contributed by atoms with Crippen molar-refractivity contribution in [3.63, 3.8) is 0 Å². The molecule has 0 aromatic carbocycles. The van der Waals surface area contributed by atoms with Crippen molar-refractivity contribution in [1.82, 2.24) is 4.98 Å². The van der Waals surface area contributed by atoms with Gasteiger partial charge in [0.15, 0.2) is 0 Å². The molecule has 0 saturated carbocycles. The van der Waals surface area contributed by atoms with Crippen LogP contribution in [-0.2, 0) is 9.53 Å². The maximum Gasteiger partial charge on any atom is 0.228 e. The van der Waals surface area contributed by atoms with Crippen LogP contribution in [0.4, 0.5) is 5.82 Å². The summed E-state index contributed by atoms with van der Waals surface area (Å²) < 4.78 is 6.52. The van der Waals surface area contributed by atoms with E-state index in [1.807, 2.05) is 19.1 Å². The molecule has 1 amide bonds. The third kappa shape index (κ3) is 3.64. The number of amides is 1. The highest BCUT2D eigenvalue weighted by atomic mass is 127. The quantitative estimate of drug-likeness (QED) is 0.856. The summed E-state index contributed by atoms with van der Waals surface area (Å²) in [4.78, 5) is 16.0. The summed E-state index contributed by atoms with van der Waals surface area (Å²) in [6, 6.07) is 3.77. The SMILES string of the molecule is Cc1nc(NC(=O)CC2CCCO2)ccc1I. The van der Waals surface area contributed by atoms with Gasteiger partial charge >= 0.3 is 0 Å². The molecule has 1 aromatic rings. The Morgan fingerprint density at radius 2 is 2.47 bits per heavy atom. The summed E-state index contributed by atoms with van der Waals surface area (Å²) in [5, 5.41) is 2.80. The molecule has 1 aliphatic heterocycles. The van der Waals surface area contributed by atoms with Gasteiger partial charge in [0.1, 0.15) is 5.82 Å². The minimum Gasteiger partial charge on any atom is -0.378 e. The van der Waals surface area contributed by atoms with Crippen molar-refractivity contribution in [2.24, 2.45) is 0 Å². The second-order valence-electron chi connectivity index (χ2n) is 4.15. The molecule has 0 aliphatic carbocycles. The van der Waals surface area contributed by atoms with Crippen LogP contribution in [0.2, 0.25) is 0 Å². The molecule has 0 radical (unpaired) electrons. The van der Waals surface area contributed by atoms with E-state index in [4.69, 9.17) is 4.74 Å². The van der Waals surface area contributed by atoms with Crippen molar-refractivity contribution < 1.29 is 9.53 Å². The van der Waals surface area contributed by atoms with Crippen LogP contribution in [0, 0.1) is 10.5 Å². The average Bonchev–Trinajstić information content (AvgIpc) is 2.76. The fourth-order valence-electron chi connectivity index (χ4n) is 1.82. The van der Waals surface area contributed by atoms with Gasteiger partial charge in [-0.05, 0) is 54.5 Å². The highest BCUT2D eigenvalue weighted by Crippen LogP contribution is 2.17. The fourth-order valence-corrected chi connectivity index (χ4v) is 2.12. The molecule has 1 atom stereocenters. The van der Waals surface area contributed by atoms with Crippen molar-refractivity contribution in [3.8, 4) is 0 Å². The van der Waals surface area contributed by atoms with E-state index >= 15 is 0 Å². The van der Waals surface area contributed by atoms with Crippen molar-refractivity contribution in [1.29, 1.82) is 0 Å². The van der Waals surface area contributed by atoms with E-state index in [-0.39, 0.29) is 12.0 Å². The van der Waals surface area contributed by atoms with E-state index in [0.29, 0.717) is 12.2 Å². The molecule has 92 valence electrons. The van der Waals surface area contributed by atoms with E-state index in [2.05, 4.69) is 32.9 Å². The summed E-state index contributed by atoms with van der Waals surface area (Å²) in [6.07, 6.45) is 2.54. The lowest BCUT2D eigenvalue weighted by Crippen LogP contribution is -2.19. The number of hydrogen-bond acceptors (Lipinski definition) is 3. The highest BCUT2D eigenvalue weighted by Gasteiger charge is 2.19. The first-order chi connectivity index (χ1) is 8.15. The lowest BCUT2D eigenvalue weighted by molar-refractivity contribution is -0.118. The first-order valence-corrected chi connectivity index (χ1v) is 6.77. The van der Waals surface area contributed by atoms with E-state index in [0.717, 1.165) is 28.7 Å². The summed E-state index contributed by atoms with van der Waals surface area (Å²) in [5.74, 6) is 0.593. The van der Waals surface area contributed by atoms with Gasteiger partial charge in [0.05, 0.1) is 18.2 Å². The van der Waals surface area contributed by atoms with Crippen LogP contribution in [-0.4, -0.2) is 23.6 Å². The summed E-state index contributed by atoms with van der Waals surface area (Å²) in [6.45, 7) is 2.70. The smallest absolute Gasteiger partial charge is 0.228 e. The summed E-state index contributed by atoms with van der Waals surface area (Å²) in [7, 11) is 0. The monoisotopic (exact) mass is 346 g/mol. The zero-order chi connectivity index (χ0) is 12.3. The van der Waals surface area contributed by atoms with Gasteiger partial charge in [0, 0.05) is 10.2 Å². The van der Waals surface area contributed by atoms with Crippen molar-refractivity contribution >= 4 is 34.3 Å². The lowest BCUT2D eigenvalue weighted by Gasteiger charge is -2.09.